The zero-order valence-electron chi connectivity index (χ0n) is 23.3. The normalized spacial score (nSPS) is 21.4. The van der Waals surface area contributed by atoms with Crippen LogP contribution in [0.25, 0.3) is 0 Å². The average Bonchev–Trinajstić information content (AvgIpc) is 3.23. The van der Waals surface area contributed by atoms with Gasteiger partial charge in [-0.05, 0) is 44.0 Å². The number of benzene rings is 3. The molecule has 2 fully saturated rings. The van der Waals surface area contributed by atoms with Gasteiger partial charge in [-0.15, -0.1) is 11.8 Å². The molecule has 3 aromatic rings. The molecule has 3 aromatic carbocycles. The number of esters is 1. The summed E-state index contributed by atoms with van der Waals surface area (Å²) in [5, 5.41) is 10.7. The summed E-state index contributed by atoms with van der Waals surface area (Å²) in [5.74, 6) is -1.86. The fourth-order valence-corrected chi connectivity index (χ4v) is 7.09. The highest BCUT2D eigenvalue weighted by Crippen LogP contribution is 2.54. The van der Waals surface area contributed by atoms with Gasteiger partial charge in [0.1, 0.15) is 37.0 Å². The van der Waals surface area contributed by atoms with Crippen molar-refractivity contribution in [1.82, 2.24) is 4.90 Å². The maximum absolute atomic E-state index is 13.5. The van der Waals surface area contributed by atoms with Gasteiger partial charge in [0.2, 0.25) is 5.91 Å². The molecule has 0 radical (unpaired) electrons. The molecule has 4 atom stereocenters. The predicted octanol–water partition coefficient (Wildman–Crippen LogP) is 4.40. The summed E-state index contributed by atoms with van der Waals surface area (Å²) in [4.78, 5) is 42.9. The van der Waals surface area contributed by atoms with E-state index < -0.39 is 46.0 Å². The molecule has 0 spiro atoms. The molecule has 2 aliphatic rings. The Labute approximate surface area is 244 Å². The third kappa shape index (κ3) is 5.83. The molecule has 0 aliphatic carbocycles. The zero-order valence-corrected chi connectivity index (χ0v) is 24.1. The van der Waals surface area contributed by atoms with Gasteiger partial charge >= 0.3 is 5.97 Å². The third-order valence-corrected chi connectivity index (χ3v) is 9.07. The second kappa shape index (κ2) is 12.0. The van der Waals surface area contributed by atoms with Gasteiger partial charge in [0.15, 0.2) is 0 Å². The van der Waals surface area contributed by atoms with Crippen molar-refractivity contribution in [2.45, 2.75) is 56.3 Å². The van der Waals surface area contributed by atoms with Gasteiger partial charge in [0.25, 0.3) is 5.91 Å². The van der Waals surface area contributed by atoms with E-state index in [2.05, 4.69) is 0 Å². The first-order chi connectivity index (χ1) is 19.7. The number of fused-ring (bicyclic) bond motifs is 1. The number of likely N-dealkylation sites (N-methyl/N-ethyl adjacent to an activating group) is 1. The molecule has 8 nitrogen and oxygen atoms in total. The van der Waals surface area contributed by atoms with E-state index in [9.17, 15) is 19.5 Å². The number of hydrogen-bond donors (Lipinski definition) is 1. The largest absolute Gasteiger partial charge is 0.489 e. The Hall–Kier alpha value is -3.82. The molecule has 0 bridgehead atoms. The molecule has 9 heteroatoms. The number of β-lactam (4-membered cyclic amide) rings is 1. The Balaban J connectivity index is 1.25. The highest BCUT2D eigenvalue weighted by Gasteiger charge is 2.66. The van der Waals surface area contributed by atoms with Crippen molar-refractivity contribution in [2.24, 2.45) is 5.92 Å². The predicted molar refractivity (Wildman–Crippen MR) is 157 cm³/mol. The number of ether oxygens (including phenoxy) is 2. The van der Waals surface area contributed by atoms with Gasteiger partial charge in [-0.3, -0.25) is 9.59 Å². The molecule has 5 rings (SSSR count). The van der Waals surface area contributed by atoms with Crippen molar-refractivity contribution >= 4 is 35.2 Å². The van der Waals surface area contributed by atoms with Crippen LogP contribution in [0.1, 0.15) is 31.9 Å². The topological polar surface area (TPSA) is 96.4 Å². The smallest absolute Gasteiger partial charge is 0.330 e. The van der Waals surface area contributed by atoms with Crippen LogP contribution in [-0.4, -0.2) is 56.6 Å². The molecule has 41 heavy (non-hydrogen) atoms. The van der Waals surface area contributed by atoms with E-state index >= 15 is 0 Å². The lowest BCUT2D eigenvalue weighted by Gasteiger charge is -2.45. The molecule has 0 unspecified atom stereocenters. The summed E-state index contributed by atoms with van der Waals surface area (Å²) in [6.07, 6.45) is -1.56. The number of nitrogens with zero attached hydrogens (tertiary/aromatic N) is 2. The number of thioether (sulfide) groups is 1. The van der Waals surface area contributed by atoms with Crippen molar-refractivity contribution in [2.75, 3.05) is 11.4 Å². The quantitative estimate of drug-likeness (QED) is 0.283. The van der Waals surface area contributed by atoms with Crippen molar-refractivity contribution < 1.29 is 29.0 Å². The Morgan fingerprint density at radius 1 is 0.976 bits per heavy atom. The first kappa shape index (κ1) is 28.7. The molecule has 2 amide bonds. The van der Waals surface area contributed by atoms with Crippen LogP contribution in [0.15, 0.2) is 84.9 Å². The summed E-state index contributed by atoms with van der Waals surface area (Å²) in [6.45, 7) is 6.34. The van der Waals surface area contributed by atoms with Crippen LogP contribution < -0.4 is 9.64 Å². The van der Waals surface area contributed by atoms with Crippen LogP contribution in [-0.2, 0) is 32.3 Å². The molecule has 0 aromatic heterocycles. The molecule has 1 N–H and O–H groups in total. The number of anilines is 1. The van der Waals surface area contributed by atoms with E-state index in [4.69, 9.17) is 9.47 Å². The summed E-state index contributed by atoms with van der Waals surface area (Å²) < 4.78 is 10.8. The third-order valence-electron chi connectivity index (χ3n) is 7.48. The summed E-state index contributed by atoms with van der Waals surface area (Å²) in [6, 6.07) is 25.4. The Bertz CT molecular complexity index is 1400. The lowest BCUT2D eigenvalue weighted by Crippen LogP contribution is -2.67. The van der Waals surface area contributed by atoms with Crippen molar-refractivity contribution in [3.05, 3.63) is 96.1 Å². The maximum Gasteiger partial charge on any atom is 0.330 e. The highest BCUT2D eigenvalue weighted by atomic mass is 32.2. The van der Waals surface area contributed by atoms with Gasteiger partial charge in [0.05, 0.1) is 5.37 Å². The minimum absolute atomic E-state index is 0.105. The summed E-state index contributed by atoms with van der Waals surface area (Å²) in [5.41, 5.74) is 2.43. The van der Waals surface area contributed by atoms with E-state index in [0.717, 1.165) is 11.1 Å². The highest BCUT2D eigenvalue weighted by molar-refractivity contribution is 8.01. The molecular formula is C32H34N2O6S. The number of aliphatic hydroxyl groups is 1. The fraction of sp³-hybridized carbons (Fsp3) is 0.344. The Morgan fingerprint density at radius 3 is 2.24 bits per heavy atom. The first-order valence-electron chi connectivity index (χ1n) is 13.7. The van der Waals surface area contributed by atoms with Gasteiger partial charge in [-0.2, -0.15) is 0 Å². The van der Waals surface area contributed by atoms with Crippen molar-refractivity contribution in [3.63, 3.8) is 0 Å². The number of carbonyl (C=O) groups is 3. The number of carbonyl (C=O) groups excluding carboxylic acids is 3. The van der Waals surface area contributed by atoms with E-state index in [-0.39, 0.29) is 6.61 Å². The molecule has 0 saturated carbocycles. The molecular weight excluding hydrogens is 540 g/mol. The van der Waals surface area contributed by atoms with E-state index in [1.165, 1.54) is 21.6 Å². The molecule has 2 saturated heterocycles. The van der Waals surface area contributed by atoms with Gasteiger partial charge in [-0.25, -0.2) is 4.79 Å². The Morgan fingerprint density at radius 2 is 1.61 bits per heavy atom. The van der Waals surface area contributed by atoms with E-state index in [0.29, 0.717) is 24.6 Å². The lowest BCUT2D eigenvalue weighted by atomic mass is 9.87. The van der Waals surface area contributed by atoms with Crippen LogP contribution in [0, 0.1) is 5.92 Å². The molecule has 214 valence electrons. The number of rotatable bonds is 10. The van der Waals surface area contributed by atoms with Gasteiger partial charge in [-0.1, -0.05) is 66.7 Å². The van der Waals surface area contributed by atoms with Crippen LogP contribution in [0.3, 0.4) is 0 Å². The van der Waals surface area contributed by atoms with Crippen LogP contribution in [0.2, 0.25) is 0 Å². The van der Waals surface area contributed by atoms with E-state index in [1.54, 1.807) is 18.2 Å². The lowest BCUT2D eigenvalue weighted by molar-refractivity contribution is -0.173. The van der Waals surface area contributed by atoms with Gasteiger partial charge < -0.3 is 24.4 Å². The van der Waals surface area contributed by atoms with Gasteiger partial charge in [0, 0.05) is 23.0 Å². The summed E-state index contributed by atoms with van der Waals surface area (Å²) in [7, 11) is 0. The minimum Gasteiger partial charge on any atom is -0.489 e. The average molecular weight is 575 g/mol. The minimum atomic E-state index is -1.56. The van der Waals surface area contributed by atoms with Crippen molar-refractivity contribution in [1.29, 1.82) is 0 Å². The zero-order chi connectivity index (χ0) is 29.1. The van der Waals surface area contributed by atoms with Crippen LogP contribution in [0.4, 0.5) is 5.69 Å². The second-order valence-corrected chi connectivity index (χ2v) is 12.4. The van der Waals surface area contributed by atoms with Crippen molar-refractivity contribution in [3.8, 4) is 5.75 Å². The number of aliphatic hydroxyl groups excluding tert-OH is 1. The van der Waals surface area contributed by atoms with Crippen LogP contribution >= 0.6 is 11.8 Å². The maximum atomic E-state index is 13.5. The number of hydrogen-bond acceptors (Lipinski definition) is 7. The standard InChI is InChI=1S/C32H34N2O6S/c1-4-33(23-16-11-17-24(18-23)39-19-21-12-7-5-8-13-21)29(37)26(35)25-28(36)34-27(32(2,3)41-30(25)34)31(38)40-20-22-14-9-6-10-15-22/h5-18,25-27,30,35H,4,19-20H2,1-3H3/t25-,26+,27+,30-/m1/s1. The van der Waals surface area contributed by atoms with Crippen LogP contribution in [0.5, 0.6) is 5.75 Å². The second-order valence-electron chi connectivity index (χ2n) is 10.7. The number of amides is 2. The SMILES string of the molecule is CCN(C(=O)[C@@H](O)[C@@H]1C(=O)N2[C@@H]1SC(C)(C)[C@@H]2C(=O)OCc1ccccc1)c1cccc(OCc2ccccc2)c1. The Kier molecular flexibility index (Phi) is 8.37. The monoisotopic (exact) mass is 574 g/mol. The van der Waals surface area contributed by atoms with E-state index in [1.807, 2.05) is 87.5 Å². The summed E-state index contributed by atoms with van der Waals surface area (Å²) >= 11 is 1.41. The fourth-order valence-electron chi connectivity index (χ4n) is 5.38. The first-order valence-corrected chi connectivity index (χ1v) is 14.6. The molecule has 2 heterocycles. The molecule has 2 aliphatic heterocycles.